The maximum absolute atomic E-state index is 15.3. The van der Waals surface area contributed by atoms with Gasteiger partial charge in [0.1, 0.15) is 24.1 Å². The number of carbonyl (C=O) groups is 3. The Morgan fingerprint density at radius 2 is 1.88 bits per heavy atom. The second-order valence-electron chi connectivity index (χ2n) is 10.4. The van der Waals surface area contributed by atoms with Crippen molar-refractivity contribution in [2.75, 3.05) is 49.6 Å². The quantitative estimate of drug-likeness (QED) is 0.114. The summed E-state index contributed by atoms with van der Waals surface area (Å²) in [7, 11) is 1.40. The third-order valence-electron chi connectivity index (χ3n) is 6.21. The predicted octanol–water partition coefficient (Wildman–Crippen LogP) is 5.71. The van der Waals surface area contributed by atoms with Crippen LogP contribution in [0.15, 0.2) is 53.6 Å². The highest BCUT2D eigenvalue weighted by atomic mass is 19.1. The smallest absolute Gasteiger partial charge is 0.429 e. The maximum atomic E-state index is 15.3. The number of carbonyl (C=O) groups excluding carboxylic acids is 3. The summed E-state index contributed by atoms with van der Waals surface area (Å²) in [5.41, 5.74) is 8.98. The van der Waals surface area contributed by atoms with Crippen LogP contribution in [-0.4, -0.2) is 79.8 Å². The van der Waals surface area contributed by atoms with Crippen LogP contribution in [0.5, 0.6) is 0 Å². The van der Waals surface area contributed by atoms with E-state index in [1.807, 2.05) is 37.3 Å². The Hall–Kier alpha value is -4.71. The van der Waals surface area contributed by atoms with Crippen molar-refractivity contribution in [3.05, 3.63) is 70.4 Å². The molecule has 3 rings (SSSR count). The van der Waals surface area contributed by atoms with Gasteiger partial charge < -0.3 is 19.1 Å². The summed E-state index contributed by atoms with van der Waals surface area (Å²) in [4.78, 5) is 43.8. The van der Waals surface area contributed by atoms with E-state index in [1.54, 1.807) is 31.7 Å². The molecule has 1 heterocycles. The van der Waals surface area contributed by atoms with Crippen molar-refractivity contribution >= 4 is 29.7 Å². The number of cyclic esters (lactones) is 1. The molecule has 42 heavy (non-hydrogen) atoms. The number of hydrazine groups is 1. The van der Waals surface area contributed by atoms with Crippen molar-refractivity contribution < 1.29 is 33.0 Å². The molecular weight excluding hydrogens is 549 g/mol. The number of likely N-dealkylation sites (N-methyl/N-ethyl adjacent to an activating group) is 1. The van der Waals surface area contributed by atoms with Crippen LogP contribution in [0.1, 0.15) is 33.3 Å². The maximum Gasteiger partial charge on any atom is 0.429 e. The highest BCUT2D eigenvalue weighted by molar-refractivity contribution is 5.90. The zero-order valence-electron chi connectivity index (χ0n) is 24.4. The van der Waals surface area contributed by atoms with Gasteiger partial charge in [-0.25, -0.2) is 28.8 Å². The molecule has 226 valence electrons. The van der Waals surface area contributed by atoms with E-state index in [0.717, 1.165) is 15.6 Å². The molecule has 0 radical (unpaired) electrons. The summed E-state index contributed by atoms with van der Waals surface area (Å²) >= 11 is 0. The number of amides is 3. The molecule has 0 aliphatic carbocycles. The molecule has 14 heteroatoms. The molecule has 1 fully saturated rings. The number of rotatable bonds is 10. The average Bonchev–Trinajstić information content (AvgIpc) is 3.32. The molecule has 1 atom stereocenters. The van der Waals surface area contributed by atoms with Gasteiger partial charge in [0.05, 0.1) is 31.0 Å². The molecule has 0 spiro atoms. The Balaban J connectivity index is 1.72. The van der Waals surface area contributed by atoms with Crippen LogP contribution in [0.3, 0.4) is 0 Å². The second kappa shape index (κ2) is 14.3. The number of halogens is 1. The van der Waals surface area contributed by atoms with Crippen molar-refractivity contribution in [3.63, 3.8) is 0 Å². The number of ether oxygens (including phenoxy) is 3. The Morgan fingerprint density at radius 1 is 1.17 bits per heavy atom. The van der Waals surface area contributed by atoms with Gasteiger partial charge in [0.2, 0.25) is 0 Å². The van der Waals surface area contributed by atoms with Crippen LogP contribution in [0.25, 0.3) is 10.4 Å². The minimum Gasteiger partial charge on any atom is -0.444 e. The number of hydrogen-bond donors (Lipinski definition) is 0. The molecule has 0 N–H and O–H groups in total. The molecule has 13 nitrogen and oxygen atoms in total. The second-order valence-corrected chi connectivity index (χ2v) is 10.4. The van der Waals surface area contributed by atoms with E-state index in [9.17, 15) is 14.4 Å². The average molecular weight is 586 g/mol. The first-order valence-electron chi connectivity index (χ1n) is 13.4. The summed E-state index contributed by atoms with van der Waals surface area (Å²) in [6.45, 7) is 7.55. The molecule has 3 amide bonds. The van der Waals surface area contributed by atoms with Crippen molar-refractivity contribution in [1.29, 1.82) is 0 Å². The number of azide groups is 1. The van der Waals surface area contributed by atoms with Gasteiger partial charge in [0.25, 0.3) is 0 Å². The number of benzene rings is 2. The molecule has 0 unspecified atom stereocenters. The molecule has 0 saturated carbocycles. The van der Waals surface area contributed by atoms with Crippen LogP contribution in [0.4, 0.5) is 30.1 Å². The van der Waals surface area contributed by atoms with Gasteiger partial charge in [-0.15, -0.1) is 0 Å². The van der Waals surface area contributed by atoms with Gasteiger partial charge in [0, 0.05) is 25.0 Å². The lowest BCUT2D eigenvalue weighted by Crippen LogP contribution is -2.52. The molecule has 1 aliphatic rings. The van der Waals surface area contributed by atoms with Crippen LogP contribution >= 0.6 is 0 Å². The van der Waals surface area contributed by atoms with Crippen LogP contribution in [0.2, 0.25) is 0 Å². The normalized spacial score (nSPS) is 14.5. The first-order chi connectivity index (χ1) is 19.9. The van der Waals surface area contributed by atoms with E-state index < -0.39 is 35.8 Å². The van der Waals surface area contributed by atoms with Crippen molar-refractivity contribution in [2.45, 2.75) is 46.0 Å². The van der Waals surface area contributed by atoms with Gasteiger partial charge in [0.15, 0.2) is 0 Å². The molecule has 2 aromatic carbocycles. The minimum atomic E-state index is -0.826. The van der Waals surface area contributed by atoms with E-state index >= 15 is 4.39 Å². The third-order valence-corrected chi connectivity index (χ3v) is 6.21. The van der Waals surface area contributed by atoms with Crippen LogP contribution in [-0.2, 0) is 20.8 Å². The van der Waals surface area contributed by atoms with E-state index in [2.05, 4.69) is 10.0 Å². The Bertz CT molecular complexity index is 1300. The summed E-state index contributed by atoms with van der Waals surface area (Å²) < 4.78 is 31.4. The Labute approximate surface area is 243 Å². The molecule has 0 aromatic heterocycles. The molecule has 1 saturated heterocycles. The van der Waals surface area contributed by atoms with E-state index in [4.69, 9.17) is 19.7 Å². The first kappa shape index (κ1) is 31.8. The number of hydrogen-bond acceptors (Lipinski definition) is 8. The van der Waals surface area contributed by atoms with E-state index in [-0.39, 0.29) is 44.2 Å². The van der Waals surface area contributed by atoms with Crippen LogP contribution < -0.4 is 9.80 Å². The van der Waals surface area contributed by atoms with Crippen LogP contribution in [0, 0.1) is 5.82 Å². The monoisotopic (exact) mass is 585 g/mol. The summed E-state index contributed by atoms with van der Waals surface area (Å²) in [5.74, 6) is -0.597. The van der Waals surface area contributed by atoms with Crippen molar-refractivity contribution in [3.8, 4) is 0 Å². The lowest BCUT2D eigenvalue weighted by molar-refractivity contribution is -0.0366. The summed E-state index contributed by atoms with van der Waals surface area (Å²) in [6.07, 6.45) is -2.82. The highest BCUT2D eigenvalue weighted by Gasteiger charge is 2.33. The number of anilines is 2. The SMILES string of the molecule is CCN(CCN(C(=O)OC(C)(C)C)N(C)C(=O)OCc1ccccc1)c1ccc(N2C[C@H](CN=[N+]=[N-])OC2=O)cc1F. The lowest BCUT2D eigenvalue weighted by atomic mass is 10.2. The van der Waals surface area contributed by atoms with E-state index in [1.165, 1.54) is 24.1 Å². The Kier molecular flexibility index (Phi) is 10.8. The van der Waals surface area contributed by atoms with Crippen molar-refractivity contribution in [2.24, 2.45) is 5.11 Å². The fourth-order valence-electron chi connectivity index (χ4n) is 4.13. The van der Waals surface area contributed by atoms with E-state index in [0.29, 0.717) is 6.54 Å². The summed E-state index contributed by atoms with van der Waals surface area (Å²) in [6, 6.07) is 13.4. The largest absolute Gasteiger partial charge is 0.444 e. The third kappa shape index (κ3) is 8.64. The minimum absolute atomic E-state index is 0.0155. The fourth-order valence-corrected chi connectivity index (χ4v) is 4.13. The van der Waals surface area contributed by atoms with Crippen molar-refractivity contribution in [1.82, 2.24) is 10.0 Å². The molecule has 0 bridgehead atoms. The lowest BCUT2D eigenvalue weighted by Gasteiger charge is -2.34. The molecule has 2 aromatic rings. The topological polar surface area (TPSA) is 141 Å². The first-order valence-corrected chi connectivity index (χ1v) is 13.4. The molecular formula is C28H36FN7O6. The zero-order chi connectivity index (χ0) is 30.9. The van der Waals surface area contributed by atoms with Gasteiger partial charge in [-0.05, 0) is 57.0 Å². The Morgan fingerprint density at radius 3 is 2.50 bits per heavy atom. The standard InChI is InChI=1S/C28H36FN7O6/c1-6-34(24-13-12-21(16-23(24)29)35-18-22(17-31-32-30)41-26(35)38)14-15-36(27(39)42-28(2,3)4)33(5)25(37)40-19-20-10-8-7-9-11-20/h7-13,16,22H,6,14-15,17-19H2,1-5H3/t22-/m0/s1. The van der Waals surface area contributed by atoms with Gasteiger partial charge in [-0.2, -0.15) is 0 Å². The number of nitrogens with zero attached hydrogens (tertiary/aromatic N) is 7. The van der Waals surface area contributed by atoms with Gasteiger partial charge >= 0.3 is 18.3 Å². The van der Waals surface area contributed by atoms with Gasteiger partial charge in [-0.3, -0.25) is 4.90 Å². The summed E-state index contributed by atoms with van der Waals surface area (Å²) in [5, 5.41) is 5.57. The zero-order valence-corrected chi connectivity index (χ0v) is 24.4. The molecule has 1 aliphatic heterocycles. The predicted molar refractivity (Wildman–Crippen MR) is 153 cm³/mol. The fraction of sp³-hybridized carbons (Fsp3) is 0.464. The highest BCUT2D eigenvalue weighted by Crippen LogP contribution is 2.28. The van der Waals surface area contributed by atoms with Gasteiger partial charge in [-0.1, -0.05) is 35.4 Å².